The third-order valence-electron chi connectivity index (χ3n) is 3.91. The highest BCUT2D eigenvalue weighted by atomic mass is 35.5. The van der Waals surface area contributed by atoms with Crippen LogP contribution in [0.15, 0.2) is 48.5 Å². The van der Waals surface area contributed by atoms with Crippen LogP contribution in [0, 0.1) is 0 Å². The standard InChI is InChI=1S/C18H22Cl2N2/c19-15-7-1-13(2-8-15)5-11-17(21)18(22)12-6-14-3-9-16(20)10-4-14/h1-4,7-10,17-18H,5-6,11-12,21-22H2/t17-,18-/m0/s1. The summed E-state index contributed by atoms with van der Waals surface area (Å²) in [6.07, 6.45) is 3.60. The predicted molar refractivity (Wildman–Crippen MR) is 95.5 cm³/mol. The Morgan fingerprint density at radius 2 is 0.955 bits per heavy atom. The van der Waals surface area contributed by atoms with Crippen LogP contribution in [0.4, 0.5) is 0 Å². The third kappa shape index (κ3) is 5.62. The summed E-state index contributed by atoms with van der Waals surface area (Å²) >= 11 is 11.8. The lowest BCUT2D eigenvalue weighted by Crippen LogP contribution is -2.41. The Morgan fingerprint density at radius 1 is 0.636 bits per heavy atom. The van der Waals surface area contributed by atoms with Crippen molar-refractivity contribution in [2.75, 3.05) is 0 Å². The van der Waals surface area contributed by atoms with Crippen LogP contribution in [0.25, 0.3) is 0 Å². The summed E-state index contributed by atoms with van der Waals surface area (Å²) in [4.78, 5) is 0. The van der Waals surface area contributed by atoms with Crippen LogP contribution in [-0.2, 0) is 12.8 Å². The Bertz CT molecular complexity index is 513. The largest absolute Gasteiger partial charge is 0.326 e. The van der Waals surface area contributed by atoms with E-state index in [2.05, 4.69) is 0 Å². The van der Waals surface area contributed by atoms with Crippen molar-refractivity contribution in [3.8, 4) is 0 Å². The Balaban J connectivity index is 1.75. The molecule has 0 spiro atoms. The second-order valence-corrected chi connectivity index (χ2v) is 6.53. The minimum absolute atomic E-state index is 0.00276. The molecule has 2 nitrogen and oxygen atoms in total. The fourth-order valence-corrected chi connectivity index (χ4v) is 2.65. The molecule has 118 valence electrons. The van der Waals surface area contributed by atoms with Crippen LogP contribution in [0.1, 0.15) is 24.0 Å². The maximum absolute atomic E-state index is 6.21. The van der Waals surface area contributed by atoms with E-state index in [0.29, 0.717) is 0 Å². The zero-order chi connectivity index (χ0) is 15.9. The molecule has 0 aliphatic heterocycles. The van der Waals surface area contributed by atoms with Gasteiger partial charge in [-0.15, -0.1) is 0 Å². The smallest absolute Gasteiger partial charge is 0.0406 e. The van der Waals surface area contributed by atoms with E-state index in [1.165, 1.54) is 11.1 Å². The number of rotatable bonds is 7. The van der Waals surface area contributed by atoms with Crippen molar-refractivity contribution in [2.24, 2.45) is 11.5 Å². The van der Waals surface area contributed by atoms with Crippen molar-refractivity contribution in [1.82, 2.24) is 0 Å². The van der Waals surface area contributed by atoms with Crippen molar-refractivity contribution in [2.45, 2.75) is 37.8 Å². The molecule has 2 aromatic carbocycles. The quantitative estimate of drug-likeness (QED) is 0.795. The molecule has 2 aromatic rings. The van der Waals surface area contributed by atoms with Gasteiger partial charge in [-0.3, -0.25) is 0 Å². The lowest BCUT2D eigenvalue weighted by molar-refractivity contribution is 0.470. The first-order chi connectivity index (χ1) is 10.5. The minimum Gasteiger partial charge on any atom is -0.326 e. The molecule has 4 heteroatoms. The molecule has 0 aromatic heterocycles. The summed E-state index contributed by atoms with van der Waals surface area (Å²) in [5.74, 6) is 0. The fourth-order valence-electron chi connectivity index (χ4n) is 2.40. The summed E-state index contributed by atoms with van der Waals surface area (Å²) in [6, 6.07) is 15.8. The summed E-state index contributed by atoms with van der Waals surface area (Å²) in [5.41, 5.74) is 14.9. The molecule has 0 radical (unpaired) electrons. The zero-order valence-corrected chi connectivity index (χ0v) is 14.0. The monoisotopic (exact) mass is 336 g/mol. The molecule has 4 N–H and O–H groups in total. The van der Waals surface area contributed by atoms with Crippen molar-refractivity contribution in [3.63, 3.8) is 0 Å². The van der Waals surface area contributed by atoms with E-state index in [-0.39, 0.29) is 12.1 Å². The van der Waals surface area contributed by atoms with E-state index in [1.54, 1.807) is 0 Å². The van der Waals surface area contributed by atoms with Crippen molar-refractivity contribution >= 4 is 23.2 Å². The number of aryl methyl sites for hydroxylation is 2. The lowest BCUT2D eigenvalue weighted by Gasteiger charge is -2.20. The van der Waals surface area contributed by atoms with Gasteiger partial charge in [0.15, 0.2) is 0 Å². The van der Waals surface area contributed by atoms with Gasteiger partial charge in [0.1, 0.15) is 0 Å². The SMILES string of the molecule is N[C@@H](CCc1ccc(Cl)cc1)[C@@H](N)CCc1ccc(Cl)cc1. The Kier molecular flexibility index (Phi) is 6.71. The van der Waals surface area contributed by atoms with Gasteiger partial charge in [-0.05, 0) is 61.1 Å². The molecule has 0 unspecified atom stereocenters. The minimum atomic E-state index is 0.00276. The molecule has 0 saturated heterocycles. The molecule has 2 rings (SSSR count). The van der Waals surface area contributed by atoms with Crippen molar-refractivity contribution in [1.29, 1.82) is 0 Å². The van der Waals surface area contributed by atoms with Crippen LogP contribution in [0.5, 0.6) is 0 Å². The number of benzene rings is 2. The van der Waals surface area contributed by atoms with Gasteiger partial charge >= 0.3 is 0 Å². The summed E-state index contributed by atoms with van der Waals surface area (Å²) in [5, 5.41) is 1.51. The van der Waals surface area contributed by atoms with Crippen molar-refractivity contribution in [3.05, 3.63) is 69.7 Å². The first-order valence-electron chi connectivity index (χ1n) is 7.54. The third-order valence-corrected chi connectivity index (χ3v) is 4.41. The topological polar surface area (TPSA) is 52.0 Å². The first-order valence-corrected chi connectivity index (χ1v) is 8.30. The number of hydrogen-bond donors (Lipinski definition) is 2. The normalized spacial score (nSPS) is 13.8. The summed E-state index contributed by atoms with van der Waals surface area (Å²) in [7, 11) is 0. The number of halogens is 2. The van der Waals surface area contributed by atoms with Gasteiger partial charge in [0.2, 0.25) is 0 Å². The highest BCUT2D eigenvalue weighted by molar-refractivity contribution is 6.30. The Hall–Kier alpha value is -1.06. The van der Waals surface area contributed by atoms with Gasteiger partial charge in [-0.1, -0.05) is 47.5 Å². The molecule has 0 aliphatic carbocycles. The van der Waals surface area contributed by atoms with Gasteiger partial charge in [0, 0.05) is 22.1 Å². The van der Waals surface area contributed by atoms with Gasteiger partial charge < -0.3 is 11.5 Å². The molecule has 0 fully saturated rings. The highest BCUT2D eigenvalue weighted by Crippen LogP contribution is 2.14. The molecule has 0 heterocycles. The second-order valence-electron chi connectivity index (χ2n) is 5.66. The maximum atomic E-state index is 6.21. The Morgan fingerprint density at radius 3 is 1.27 bits per heavy atom. The van der Waals surface area contributed by atoms with E-state index in [4.69, 9.17) is 34.7 Å². The van der Waals surface area contributed by atoms with Crippen LogP contribution in [0.3, 0.4) is 0 Å². The fraction of sp³-hybridized carbons (Fsp3) is 0.333. The molecule has 0 aliphatic rings. The molecule has 0 bridgehead atoms. The van der Waals surface area contributed by atoms with Crippen LogP contribution in [0.2, 0.25) is 10.0 Å². The zero-order valence-electron chi connectivity index (χ0n) is 12.5. The second kappa shape index (κ2) is 8.54. The van der Waals surface area contributed by atoms with Crippen molar-refractivity contribution < 1.29 is 0 Å². The number of nitrogens with two attached hydrogens (primary N) is 2. The first kappa shape index (κ1) is 17.3. The molecule has 22 heavy (non-hydrogen) atoms. The molecule has 0 amide bonds. The van der Waals surface area contributed by atoms with Gasteiger partial charge in [-0.25, -0.2) is 0 Å². The van der Waals surface area contributed by atoms with E-state index in [0.717, 1.165) is 35.7 Å². The highest BCUT2D eigenvalue weighted by Gasteiger charge is 2.13. The molecular weight excluding hydrogens is 315 g/mol. The molecular formula is C18H22Cl2N2. The van der Waals surface area contributed by atoms with Gasteiger partial charge in [-0.2, -0.15) is 0 Å². The summed E-state index contributed by atoms with van der Waals surface area (Å²) < 4.78 is 0. The Labute approximate surface area is 142 Å². The van der Waals surface area contributed by atoms with Gasteiger partial charge in [0.05, 0.1) is 0 Å². The van der Waals surface area contributed by atoms with Crippen LogP contribution in [-0.4, -0.2) is 12.1 Å². The molecule has 0 saturated carbocycles. The maximum Gasteiger partial charge on any atom is 0.0406 e. The molecule has 2 atom stereocenters. The van der Waals surface area contributed by atoms with E-state index in [9.17, 15) is 0 Å². The van der Waals surface area contributed by atoms with Crippen LogP contribution < -0.4 is 11.5 Å². The lowest BCUT2D eigenvalue weighted by atomic mass is 9.96. The predicted octanol–water partition coefficient (Wildman–Crippen LogP) is 4.21. The van der Waals surface area contributed by atoms with E-state index >= 15 is 0 Å². The summed E-state index contributed by atoms with van der Waals surface area (Å²) in [6.45, 7) is 0. The average Bonchev–Trinajstić information content (AvgIpc) is 2.53. The number of hydrogen-bond acceptors (Lipinski definition) is 2. The van der Waals surface area contributed by atoms with E-state index in [1.807, 2.05) is 48.5 Å². The van der Waals surface area contributed by atoms with E-state index < -0.39 is 0 Å². The average molecular weight is 337 g/mol. The van der Waals surface area contributed by atoms with Crippen LogP contribution >= 0.6 is 23.2 Å². The van der Waals surface area contributed by atoms with Gasteiger partial charge in [0.25, 0.3) is 0 Å².